The van der Waals surface area contributed by atoms with Crippen LogP contribution >= 0.6 is 0 Å². The molecule has 1 saturated heterocycles. The summed E-state index contributed by atoms with van der Waals surface area (Å²) < 4.78 is 28.4. The maximum atomic E-state index is 11.4. The van der Waals surface area contributed by atoms with Gasteiger partial charge in [-0.1, -0.05) is 19.3 Å². The number of rotatable bonds is 8. The van der Waals surface area contributed by atoms with Crippen LogP contribution in [0.15, 0.2) is 4.99 Å². The van der Waals surface area contributed by atoms with E-state index in [0.29, 0.717) is 6.42 Å². The second kappa shape index (κ2) is 10.6. The molecule has 0 bridgehead atoms. The molecule has 0 radical (unpaired) electrons. The molecule has 2 N–H and O–H groups in total. The van der Waals surface area contributed by atoms with Crippen LogP contribution in [0.1, 0.15) is 52.4 Å². The zero-order valence-corrected chi connectivity index (χ0v) is 18.1. The predicted octanol–water partition coefficient (Wildman–Crippen LogP) is 1.40. The topological polar surface area (TPSA) is 83.0 Å². The van der Waals surface area contributed by atoms with Crippen LogP contribution in [0.3, 0.4) is 0 Å². The van der Waals surface area contributed by atoms with Gasteiger partial charge in [-0.15, -0.1) is 0 Å². The maximum Gasteiger partial charge on any atom is 0.191 e. The third kappa shape index (κ3) is 7.58. The second-order valence-electron chi connectivity index (χ2n) is 8.04. The van der Waals surface area contributed by atoms with E-state index in [1.807, 2.05) is 6.92 Å². The van der Waals surface area contributed by atoms with Crippen molar-refractivity contribution < 1.29 is 13.2 Å². The van der Waals surface area contributed by atoms with Crippen molar-refractivity contribution in [2.24, 2.45) is 4.99 Å². The van der Waals surface area contributed by atoms with Gasteiger partial charge in [0.15, 0.2) is 5.96 Å². The van der Waals surface area contributed by atoms with E-state index in [0.717, 1.165) is 45.4 Å². The molecule has 1 heterocycles. The van der Waals surface area contributed by atoms with Gasteiger partial charge in [-0.05, 0) is 33.1 Å². The Labute approximate surface area is 165 Å². The highest BCUT2D eigenvalue weighted by Gasteiger charge is 2.38. The van der Waals surface area contributed by atoms with Gasteiger partial charge in [0.05, 0.1) is 25.5 Å². The standard InChI is InChI=1S/C19H38N4O3S/c1-4-20-18(22-17(2)8-15-27(3,24)25)21-16-19(9-6-5-7-10-19)23-11-13-26-14-12-23/h17H,4-16H2,1-3H3,(H2,20,21,22). The number of aliphatic imine (C=N–C) groups is 1. The molecule has 1 atom stereocenters. The Hall–Kier alpha value is -0.860. The van der Waals surface area contributed by atoms with Crippen LogP contribution in [0.4, 0.5) is 0 Å². The highest BCUT2D eigenvalue weighted by molar-refractivity contribution is 7.90. The van der Waals surface area contributed by atoms with Crippen molar-refractivity contribution in [1.82, 2.24) is 15.5 Å². The second-order valence-corrected chi connectivity index (χ2v) is 10.3. The lowest BCUT2D eigenvalue weighted by molar-refractivity contribution is -0.0333. The smallest absolute Gasteiger partial charge is 0.191 e. The molecule has 7 nitrogen and oxygen atoms in total. The SMILES string of the molecule is CCNC(=NCC1(N2CCOCC2)CCCCC1)NC(C)CCS(C)(=O)=O. The lowest BCUT2D eigenvalue weighted by atomic mass is 9.80. The fourth-order valence-corrected chi connectivity index (χ4v) is 4.85. The van der Waals surface area contributed by atoms with Gasteiger partial charge in [-0.25, -0.2) is 8.42 Å². The van der Waals surface area contributed by atoms with E-state index in [2.05, 4.69) is 22.5 Å². The minimum Gasteiger partial charge on any atom is -0.379 e. The van der Waals surface area contributed by atoms with Crippen molar-refractivity contribution in [3.63, 3.8) is 0 Å². The van der Waals surface area contributed by atoms with Gasteiger partial charge >= 0.3 is 0 Å². The number of hydrogen-bond acceptors (Lipinski definition) is 5. The van der Waals surface area contributed by atoms with Gasteiger partial charge in [-0.3, -0.25) is 9.89 Å². The normalized spacial score (nSPS) is 23.0. The van der Waals surface area contributed by atoms with Gasteiger partial charge in [0.2, 0.25) is 0 Å². The van der Waals surface area contributed by atoms with E-state index in [9.17, 15) is 8.42 Å². The monoisotopic (exact) mass is 402 g/mol. The quantitative estimate of drug-likeness (QED) is 0.472. The third-order valence-corrected chi connectivity index (χ3v) is 6.62. The van der Waals surface area contributed by atoms with Crippen LogP contribution < -0.4 is 10.6 Å². The summed E-state index contributed by atoms with van der Waals surface area (Å²) in [5.74, 6) is 0.981. The van der Waals surface area contributed by atoms with Crippen LogP contribution in [-0.2, 0) is 14.6 Å². The van der Waals surface area contributed by atoms with Crippen molar-refractivity contribution in [3.8, 4) is 0 Å². The highest BCUT2D eigenvalue weighted by Crippen LogP contribution is 2.34. The number of nitrogens with zero attached hydrogens (tertiary/aromatic N) is 2. The van der Waals surface area contributed by atoms with E-state index in [1.54, 1.807) is 0 Å². The Morgan fingerprint density at radius 1 is 1.22 bits per heavy atom. The summed E-state index contributed by atoms with van der Waals surface area (Å²) >= 11 is 0. The molecule has 0 amide bonds. The Bertz CT molecular complexity index is 568. The average Bonchev–Trinajstić information content (AvgIpc) is 2.66. The Kier molecular flexibility index (Phi) is 8.82. The van der Waals surface area contributed by atoms with E-state index < -0.39 is 9.84 Å². The van der Waals surface area contributed by atoms with Crippen LogP contribution in [0.25, 0.3) is 0 Å². The van der Waals surface area contributed by atoms with Gasteiger partial charge < -0.3 is 15.4 Å². The first kappa shape index (κ1) is 22.4. The molecular weight excluding hydrogens is 364 g/mol. The fourth-order valence-electron chi connectivity index (χ4n) is 4.06. The summed E-state index contributed by atoms with van der Waals surface area (Å²) in [4.78, 5) is 7.52. The molecule has 0 aromatic carbocycles. The molecule has 8 heteroatoms. The van der Waals surface area contributed by atoms with E-state index >= 15 is 0 Å². The molecule has 2 aliphatic rings. The molecule has 1 unspecified atom stereocenters. The van der Waals surface area contributed by atoms with Gasteiger partial charge in [0.25, 0.3) is 0 Å². The zero-order chi connectivity index (χ0) is 19.8. The molecule has 158 valence electrons. The molecule has 2 rings (SSSR count). The largest absolute Gasteiger partial charge is 0.379 e. The minimum atomic E-state index is -2.94. The summed E-state index contributed by atoms with van der Waals surface area (Å²) in [5.41, 5.74) is 0.139. The lowest BCUT2D eigenvalue weighted by Gasteiger charge is -2.47. The molecular formula is C19H38N4O3S. The summed E-state index contributed by atoms with van der Waals surface area (Å²) in [6.07, 6.45) is 8.10. The molecule has 0 aromatic heterocycles. The lowest BCUT2D eigenvalue weighted by Crippen LogP contribution is -2.56. The fraction of sp³-hybridized carbons (Fsp3) is 0.947. The Morgan fingerprint density at radius 3 is 2.48 bits per heavy atom. The van der Waals surface area contributed by atoms with Gasteiger partial charge in [0, 0.05) is 37.5 Å². The Balaban J connectivity index is 2.02. The number of nitrogens with one attached hydrogen (secondary N) is 2. The number of guanidine groups is 1. The van der Waals surface area contributed by atoms with Crippen molar-refractivity contribution in [2.75, 3.05) is 51.4 Å². The number of ether oxygens (including phenoxy) is 1. The van der Waals surface area contributed by atoms with Crippen LogP contribution in [0.2, 0.25) is 0 Å². The van der Waals surface area contributed by atoms with Crippen molar-refractivity contribution in [1.29, 1.82) is 0 Å². The first-order valence-electron chi connectivity index (χ1n) is 10.4. The summed E-state index contributed by atoms with van der Waals surface area (Å²) in [6, 6.07) is 0.0585. The van der Waals surface area contributed by atoms with Crippen molar-refractivity contribution in [3.05, 3.63) is 0 Å². The number of morpholine rings is 1. The van der Waals surface area contributed by atoms with Crippen molar-refractivity contribution >= 4 is 15.8 Å². The molecule has 0 aromatic rings. The van der Waals surface area contributed by atoms with Crippen molar-refractivity contribution in [2.45, 2.75) is 64.0 Å². The van der Waals surface area contributed by atoms with Crippen LogP contribution in [0.5, 0.6) is 0 Å². The van der Waals surface area contributed by atoms with Crippen LogP contribution in [-0.4, -0.2) is 82.3 Å². The average molecular weight is 403 g/mol. The number of hydrogen-bond donors (Lipinski definition) is 2. The minimum absolute atomic E-state index is 0.0585. The summed E-state index contributed by atoms with van der Waals surface area (Å²) in [6.45, 7) is 9.23. The van der Waals surface area contributed by atoms with E-state index in [4.69, 9.17) is 9.73 Å². The summed E-state index contributed by atoms with van der Waals surface area (Å²) in [5, 5.41) is 6.70. The molecule has 0 spiro atoms. The molecule has 1 saturated carbocycles. The van der Waals surface area contributed by atoms with Gasteiger partial charge in [0.1, 0.15) is 9.84 Å². The van der Waals surface area contributed by atoms with E-state index in [1.165, 1.54) is 38.4 Å². The maximum absolute atomic E-state index is 11.4. The molecule has 2 fully saturated rings. The third-order valence-electron chi connectivity index (χ3n) is 5.65. The first-order chi connectivity index (χ1) is 12.8. The highest BCUT2D eigenvalue weighted by atomic mass is 32.2. The number of sulfone groups is 1. The Morgan fingerprint density at radius 2 is 1.89 bits per heavy atom. The van der Waals surface area contributed by atoms with E-state index in [-0.39, 0.29) is 17.3 Å². The molecule has 1 aliphatic carbocycles. The van der Waals surface area contributed by atoms with Crippen LogP contribution in [0, 0.1) is 0 Å². The molecule has 1 aliphatic heterocycles. The molecule has 27 heavy (non-hydrogen) atoms. The predicted molar refractivity (Wildman–Crippen MR) is 111 cm³/mol. The first-order valence-corrected chi connectivity index (χ1v) is 12.5. The summed E-state index contributed by atoms with van der Waals surface area (Å²) in [7, 11) is -2.94. The van der Waals surface area contributed by atoms with Gasteiger partial charge in [-0.2, -0.15) is 0 Å². The zero-order valence-electron chi connectivity index (χ0n) is 17.3.